The van der Waals surface area contributed by atoms with Crippen LogP contribution in [0.3, 0.4) is 0 Å². The molecule has 0 spiro atoms. The van der Waals surface area contributed by atoms with Gasteiger partial charge >= 0.3 is 0 Å². The number of allylic oxidation sites excluding steroid dienone is 4. The predicted molar refractivity (Wildman–Crippen MR) is 130 cm³/mol. The number of benzene rings is 1. The molecule has 5 nitrogen and oxygen atoms in total. The van der Waals surface area contributed by atoms with E-state index < -0.39 is 5.92 Å². The number of ether oxygens (including phenoxy) is 1. The van der Waals surface area contributed by atoms with E-state index in [1.54, 1.807) is 12.1 Å². The van der Waals surface area contributed by atoms with Crippen molar-refractivity contribution in [1.29, 1.82) is 0 Å². The summed E-state index contributed by atoms with van der Waals surface area (Å²) in [5.74, 6) is -0.228. The molecule has 2 aliphatic carbocycles. The summed E-state index contributed by atoms with van der Waals surface area (Å²) in [6, 6.07) is 3.39. The van der Waals surface area contributed by atoms with Crippen LogP contribution in [0.25, 0.3) is 0 Å². The van der Waals surface area contributed by atoms with Gasteiger partial charge in [0.1, 0.15) is 0 Å². The molecule has 1 N–H and O–H groups in total. The molecule has 0 unspecified atom stereocenters. The molecule has 0 radical (unpaired) electrons. The zero-order valence-electron chi connectivity index (χ0n) is 20.5. The number of carbonyl (C=O) groups is 2. The maximum absolute atomic E-state index is 13.7. The highest BCUT2D eigenvalue weighted by molar-refractivity contribution is 6.32. The number of aromatic hydroxyl groups is 1. The van der Waals surface area contributed by atoms with Crippen LogP contribution in [-0.4, -0.2) is 35.2 Å². The Morgan fingerprint density at radius 3 is 1.97 bits per heavy atom. The van der Waals surface area contributed by atoms with Crippen LogP contribution in [0.2, 0.25) is 5.02 Å². The van der Waals surface area contributed by atoms with E-state index in [2.05, 4.69) is 39.5 Å². The molecular formula is C27H34ClNO4. The van der Waals surface area contributed by atoms with Gasteiger partial charge in [0.05, 0.1) is 12.1 Å². The third-order valence-corrected chi connectivity index (χ3v) is 7.36. The molecule has 0 bridgehead atoms. The SMILES string of the molecule is CCCN1C2=C(C(=O)CC(C)(C)C2)C(c2cc(Cl)c(O)c(OC)c2)C2=C1CC(C)(C)CC2=O. The third kappa shape index (κ3) is 4.09. The van der Waals surface area contributed by atoms with Gasteiger partial charge in [-0.1, -0.05) is 46.2 Å². The van der Waals surface area contributed by atoms with Crippen molar-refractivity contribution in [3.63, 3.8) is 0 Å². The van der Waals surface area contributed by atoms with Crippen molar-refractivity contribution >= 4 is 23.2 Å². The monoisotopic (exact) mass is 471 g/mol. The molecular weight excluding hydrogens is 438 g/mol. The number of phenolic OH excluding ortho intramolecular Hbond substituents is 1. The first-order valence-electron chi connectivity index (χ1n) is 11.8. The Morgan fingerprint density at radius 1 is 1.00 bits per heavy atom. The van der Waals surface area contributed by atoms with Crippen molar-refractivity contribution < 1.29 is 19.4 Å². The van der Waals surface area contributed by atoms with Crippen LogP contribution in [0, 0.1) is 10.8 Å². The average Bonchev–Trinajstić information content (AvgIpc) is 2.69. The van der Waals surface area contributed by atoms with Crippen molar-refractivity contribution in [3.05, 3.63) is 45.3 Å². The van der Waals surface area contributed by atoms with Gasteiger partial charge < -0.3 is 14.7 Å². The lowest BCUT2D eigenvalue weighted by molar-refractivity contribution is -0.119. The average molecular weight is 472 g/mol. The molecule has 4 rings (SSSR count). The van der Waals surface area contributed by atoms with Crippen LogP contribution in [0.1, 0.15) is 78.2 Å². The smallest absolute Gasteiger partial charge is 0.176 e. The van der Waals surface area contributed by atoms with Crippen LogP contribution in [-0.2, 0) is 9.59 Å². The molecule has 0 aromatic heterocycles. The van der Waals surface area contributed by atoms with Crippen molar-refractivity contribution in [3.8, 4) is 11.5 Å². The lowest BCUT2D eigenvalue weighted by Crippen LogP contribution is -2.44. The number of hydrogen-bond donors (Lipinski definition) is 1. The maximum Gasteiger partial charge on any atom is 0.176 e. The van der Waals surface area contributed by atoms with Crippen LogP contribution in [0.4, 0.5) is 0 Å². The number of rotatable bonds is 4. The van der Waals surface area contributed by atoms with Crippen LogP contribution >= 0.6 is 11.6 Å². The molecule has 1 aromatic rings. The molecule has 1 aliphatic heterocycles. The van der Waals surface area contributed by atoms with Crippen molar-refractivity contribution in [1.82, 2.24) is 4.90 Å². The highest BCUT2D eigenvalue weighted by Crippen LogP contribution is 2.55. The molecule has 1 heterocycles. The zero-order valence-corrected chi connectivity index (χ0v) is 21.2. The quantitative estimate of drug-likeness (QED) is 0.570. The molecule has 1 aromatic carbocycles. The lowest BCUT2D eigenvalue weighted by Gasteiger charge is -2.49. The summed E-state index contributed by atoms with van der Waals surface area (Å²) in [4.78, 5) is 29.6. The van der Waals surface area contributed by atoms with E-state index in [4.69, 9.17) is 16.3 Å². The van der Waals surface area contributed by atoms with Gasteiger partial charge in [-0.2, -0.15) is 0 Å². The molecule has 0 amide bonds. The van der Waals surface area contributed by atoms with E-state index in [9.17, 15) is 14.7 Å². The maximum atomic E-state index is 13.7. The molecule has 0 fully saturated rings. The van der Waals surface area contributed by atoms with Gasteiger partial charge in [0.2, 0.25) is 0 Å². The van der Waals surface area contributed by atoms with Gasteiger partial charge in [0.25, 0.3) is 0 Å². The minimum absolute atomic E-state index is 0.0831. The first-order chi connectivity index (χ1) is 15.4. The number of Topliss-reactive ketones (excluding diaryl/α,β-unsaturated/α-hetero) is 2. The van der Waals surface area contributed by atoms with E-state index in [0.29, 0.717) is 29.6 Å². The Bertz CT molecular complexity index is 1040. The van der Waals surface area contributed by atoms with E-state index in [1.165, 1.54) is 7.11 Å². The van der Waals surface area contributed by atoms with Crippen molar-refractivity contribution in [2.24, 2.45) is 10.8 Å². The number of nitrogens with zero attached hydrogens (tertiary/aromatic N) is 1. The summed E-state index contributed by atoms with van der Waals surface area (Å²) >= 11 is 6.37. The van der Waals surface area contributed by atoms with Gasteiger partial charge in [0, 0.05) is 47.8 Å². The summed E-state index contributed by atoms with van der Waals surface area (Å²) in [6.45, 7) is 11.4. The number of hydrogen-bond acceptors (Lipinski definition) is 5. The zero-order chi connectivity index (χ0) is 24.3. The van der Waals surface area contributed by atoms with Gasteiger partial charge in [-0.25, -0.2) is 0 Å². The Hall–Kier alpha value is -2.27. The highest BCUT2D eigenvalue weighted by atomic mass is 35.5. The second-order valence-corrected chi connectivity index (χ2v) is 11.6. The molecule has 6 heteroatoms. The Kier molecular flexibility index (Phi) is 5.93. The Morgan fingerprint density at radius 2 is 1.52 bits per heavy atom. The van der Waals surface area contributed by atoms with E-state index in [0.717, 1.165) is 37.2 Å². The fourth-order valence-electron chi connectivity index (χ4n) is 5.79. The number of carbonyl (C=O) groups excluding carboxylic acids is 2. The molecule has 0 saturated carbocycles. The normalized spacial score (nSPS) is 22.5. The molecule has 3 aliphatic rings. The molecule has 178 valence electrons. The van der Waals surface area contributed by atoms with Crippen molar-refractivity contribution in [2.45, 2.75) is 72.6 Å². The summed E-state index contributed by atoms with van der Waals surface area (Å²) in [5.41, 5.74) is 3.90. The van der Waals surface area contributed by atoms with Gasteiger partial charge in [-0.05, 0) is 47.8 Å². The fraction of sp³-hybridized carbons (Fsp3) is 0.556. The number of halogens is 1. The Labute approximate surface area is 201 Å². The second-order valence-electron chi connectivity index (χ2n) is 11.2. The molecule has 33 heavy (non-hydrogen) atoms. The number of phenols is 1. The number of methoxy groups -OCH3 is 1. The predicted octanol–water partition coefficient (Wildman–Crippen LogP) is 6.15. The standard InChI is InChI=1S/C27H34ClNO4/c1-7-8-29-17-11-26(2,3)13-19(30)23(17)22(15-9-16(28)25(32)21(10-15)33-6)24-18(29)12-27(4,5)14-20(24)31/h9-10,22,32H,7-8,11-14H2,1-6H3. The second kappa shape index (κ2) is 8.19. The van der Waals surface area contributed by atoms with E-state index in [1.807, 2.05) is 0 Å². The Balaban J connectivity index is 2.03. The third-order valence-electron chi connectivity index (χ3n) is 7.07. The fourth-order valence-corrected chi connectivity index (χ4v) is 6.01. The van der Waals surface area contributed by atoms with Gasteiger partial charge in [0.15, 0.2) is 23.1 Å². The van der Waals surface area contributed by atoms with Gasteiger partial charge in [-0.3, -0.25) is 9.59 Å². The number of ketones is 2. The van der Waals surface area contributed by atoms with E-state index >= 15 is 0 Å². The minimum atomic E-state index is -0.498. The summed E-state index contributed by atoms with van der Waals surface area (Å²) in [7, 11) is 1.47. The topological polar surface area (TPSA) is 66.8 Å². The lowest BCUT2D eigenvalue weighted by atomic mass is 9.63. The minimum Gasteiger partial charge on any atom is -0.503 e. The molecule has 0 saturated heterocycles. The first-order valence-corrected chi connectivity index (χ1v) is 12.1. The first kappa shape index (κ1) is 23.9. The van der Waals surface area contributed by atoms with Crippen LogP contribution in [0.15, 0.2) is 34.7 Å². The summed E-state index contributed by atoms with van der Waals surface area (Å²) in [5, 5.41) is 10.5. The van der Waals surface area contributed by atoms with Crippen molar-refractivity contribution in [2.75, 3.05) is 13.7 Å². The van der Waals surface area contributed by atoms with Gasteiger partial charge in [-0.15, -0.1) is 0 Å². The van der Waals surface area contributed by atoms with Crippen LogP contribution in [0.5, 0.6) is 11.5 Å². The van der Waals surface area contributed by atoms with E-state index in [-0.39, 0.29) is 38.9 Å². The highest BCUT2D eigenvalue weighted by Gasteiger charge is 2.48. The summed E-state index contributed by atoms with van der Waals surface area (Å²) < 4.78 is 5.36. The van der Waals surface area contributed by atoms with Crippen LogP contribution < -0.4 is 4.74 Å². The molecule has 0 atom stereocenters. The largest absolute Gasteiger partial charge is 0.503 e. The summed E-state index contributed by atoms with van der Waals surface area (Å²) in [6.07, 6.45) is 3.35.